The molecule has 27 heavy (non-hydrogen) atoms. The Morgan fingerprint density at radius 1 is 1.19 bits per heavy atom. The monoisotopic (exact) mass is 369 g/mol. The van der Waals surface area contributed by atoms with Crippen LogP contribution in [0.15, 0.2) is 40.2 Å². The maximum atomic E-state index is 13.0. The first kappa shape index (κ1) is 18.6. The van der Waals surface area contributed by atoms with Gasteiger partial charge in [0.15, 0.2) is 11.2 Å². The molecule has 1 amide bonds. The van der Waals surface area contributed by atoms with Crippen molar-refractivity contribution in [1.82, 2.24) is 18.7 Å². The molecule has 1 aromatic carbocycles. The number of rotatable bonds is 5. The minimum atomic E-state index is -0.462. The van der Waals surface area contributed by atoms with Crippen LogP contribution in [0.25, 0.3) is 11.2 Å². The van der Waals surface area contributed by atoms with Crippen LogP contribution in [-0.4, -0.2) is 31.1 Å². The van der Waals surface area contributed by atoms with Gasteiger partial charge in [0, 0.05) is 26.3 Å². The van der Waals surface area contributed by atoms with Crippen LogP contribution >= 0.6 is 0 Å². The Balaban J connectivity index is 2.02. The molecular weight excluding hydrogens is 346 g/mol. The van der Waals surface area contributed by atoms with E-state index in [0.717, 1.165) is 22.2 Å². The number of anilines is 1. The molecule has 0 atom stereocenters. The molecule has 3 rings (SSSR count). The Labute approximate surface area is 156 Å². The number of fused-ring (bicyclic) bond motifs is 1. The third-order valence-electron chi connectivity index (χ3n) is 4.58. The highest BCUT2D eigenvalue weighted by Gasteiger charge is 2.20. The van der Waals surface area contributed by atoms with Crippen molar-refractivity contribution in [1.29, 1.82) is 0 Å². The van der Waals surface area contributed by atoms with E-state index in [-0.39, 0.29) is 23.6 Å². The molecule has 3 aromatic rings. The summed E-state index contributed by atoms with van der Waals surface area (Å²) in [6.07, 6.45) is 2.24. The zero-order chi connectivity index (χ0) is 19.7. The average Bonchev–Trinajstić information content (AvgIpc) is 3.06. The Morgan fingerprint density at radius 3 is 2.59 bits per heavy atom. The highest BCUT2D eigenvalue weighted by Crippen LogP contribution is 2.17. The van der Waals surface area contributed by atoms with Crippen molar-refractivity contribution < 1.29 is 4.79 Å². The van der Waals surface area contributed by atoms with Gasteiger partial charge in [-0.3, -0.25) is 18.7 Å². The summed E-state index contributed by atoms with van der Waals surface area (Å²) < 4.78 is 3.84. The number of hydrogen-bond acceptors (Lipinski definition) is 4. The first-order valence-electron chi connectivity index (χ1n) is 8.83. The maximum Gasteiger partial charge on any atom is 0.332 e. The topological polar surface area (TPSA) is 82.1 Å². The molecule has 2 heterocycles. The van der Waals surface area contributed by atoms with Crippen molar-refractivity contribution in [2.24, 2.45) is 14.1 Å². The molecular formula is C19H23N5O3. The van der Waals surface area contributed by atoms with E-state index in [1.165, 1.54) is 22.5 Å². The number of benzene rings is 1. The van der Waals surface area contributed by atoms with Gasteiger partial charge in [0.05, 0.1) is 6.33 Å². The molecule has 142 valence electrons. The lowest BCUT2D eigenvalue weighted by Crippen LogP contribution is -2.38. The summed E-state index contributed by atoms with van der Waals surface area (Å²) in [6, 6.07) is 7.75. The van der Waals surface area contributed by atoms with E-state index in [9.17, 15) is 14.4 Å². The second-order valence-corrected chi connectivity index (χ2v) is 6.63. The molecule has 0 saturated heterocycles. The van der Waals surface area contributed by atoms with Crippen LogP contribution in [0.5, 0.6) is 0 Å². The number of nitrogens with zero attached hydrogens (tertiary/aromatic N) is 5. The summed E-state index contributed by atoms with van der Waals surface area (Å²) in [5, 5.41) is 0. The second kappa shape index (κ2) is 7.22. The van der Waals surface area contributed by atoms with E-state index in [1.807, 2.05) is 38.1 Å². The number of imidazole rings is 1. The standard InChI is InChI=1S/C19H23N5O3/c1-5-9-24(14-8-6-7-13(2)10-14)15(25)11-23-12-20-17-16(23)18(26)22(4)19(27)21(17)3/h6-8,10,12H,5,9,11H2,1-4H3. The van der Waals surface area contributed by atoms with Crippen LogP contribution < -0.4 is 16.1 Å². The molecule has 0 unspecified atom stereocenters. The Bertz CT molecular complexity index is 1120. The molecule has 8 heteroatoms. The Kier molecular flexibility index (Phi) is 4.98. The number of amides is 1. The van der Waals surface area contributed by atoms with Crippen LogP contribution in [0, 0.1) is 6.92 Å². The molecule has 0 fully saturated rings. The Morgan fingerprint density at radius 2 is 1.93 bits per heavy atom. The average molecular weight is 369 g/mol. The van der Waals surface area contributed by atoms with Crippen LogP contribution in [-0.2, 0) is 25.4 Å². The molecule has 0 aliphatic rings. The van der Waals surface area contributed by atoms with Crippen molar-refractivity contribution in [2.45, 2.75) is 26.8 Å². The third-order valence-corrected chi connectivity index (χ3v) is 4.58. The zero-order valence-corrected chi connectivity index (χ0v) is 16.0. The fourth-order valence-corrected chi connectivity index (χ4v) is 3.17. The smallest absolute Gasteiger partial charge is 0.315 e. The lowest BCUT2D eigenvalue weighted by atomic mass is 10.2. The summed E-state index contributed by atoms with van der Waals surface area (Å²) in [6.45, 7) is 4.53. The van der Waals surface area contributed by atoms with Gasteiger partial charge in [-0.2, -0.15) is 0 Å². The minimum Gasteiger partial charge on any atom is -0.315 e. The fraction of sp³-hybridized carbons (Fsp3) is 0.368. The molecule has 0 radical (unpaired) electrons. The molecule has 0 spiro atoms. The first-order valence-corrected chi connectivity index (χ1v) is 8.83. The zero-order valence-electron chi connectivity index (χ0n) is 16.0. The normalized spacial score (nSPS) is 11.1. The summed E-state index contributed by atoms with van der Waals surface area (Å²) in [7, 11) is 2.97. The molecule has 0 saturated carbocycles. The molecule has 0 aliphatic heterocycles. The molecule has 0 bridgehead atoms. The fourth-order valence-electron chi connectivity index (χ4n) is 3.17. The Hall–Kier alpha value is -3.16. The van der Waals surface area contributed by atoms with Crippen molar-refractivity contribution >= 4 is 22.8 Å². The van der Waals surface area contributed by atoms with Crippen LogP contribution in [0.3, 0.4) is 0 Å². The van der Waals surface area contributed by atoms with Gasteiger partial charge in [-0.25, -0.2) is 9.78 Å². The molecule has 8 nitrogen and oxygen atoms in total. The number of aromatic nitrogens is 4. The molecule has 0 aliphatic carbocycles. The van der Waals surface area contributed by atoms with Gasteiger partial charge < -0.3 is 9.47 Å². The van der Waals surface area contributed by atoms with Crippen molar-refractivity contribution in [3.05, 3.63) is 57.0 Å². The van der Waals surface area contributed by atoms with Gasteiger partial charge in [0.25, 0.3) is 5.56 Å². The summed E-state index contributed by atoms with van der Waals surface area (Å²) in [4.78, 5) is 43.5. The molecule has 2 aromatic heterocycles. The summed E-state index contributed by atoms with van der Waals surface area (Å²) in [5.74, 6) is -0.141. The summed E-state index contributed by atoms with van der Waals surface area (Å²) >= 11 is 0. The minimum absolute atomic E-state index is 0.0299. The van der Waals surface area contributed by atoms with Crippen molar-refractivity contribution in [3.8, 4) is 0 Å². The highest BCUT2D eigenvalue weighted by atomic mass is 16.2. The van der Waals surface area contributed by atoms with E-state index >= 15 is 0 Å². The number of aryl methyl sites for hydroxylation is 2. The largest absolute Gasteiger partial charge is 0.332 e. The third kappa shape index (κ3) is 3.30. The summed E-state index contributed by atoms with van der Waals surface area (Å²) in [5.41, 5.74) is 1.50. The SMILES string of the molecule is CCCN(C(=O)Cn1cnc2c1c(=O)n(C)c(=O)n2C)c1cccc(C)c1. The predicted octanol–water partition coefficient (Wildman–Crippen LogP) is 1.19. The quantitative estimate of drug-likeness (QED) is 0.676. The van der Waals surface area contributed by atoms with Crippen molar-refractivity contribution in [2.75, 3.05) is 11.4 Å². The molecule has 0 N–H and O–H groups in total. The van der Waals surface area contributed by atoms with Crippen LogP contribution in [0.2, 0.25) is 0 Å². The van der Waals surface area contributed by atoms with Gasteiger partial charge in [-0.1, -0.05) is 19.1 Å². The highest BCUT2D eigenvalue weighted by molar-refractivity contribution is 5.94. The van der Waals surface area contributed by atoms with Gasteiger partial charge in [-0.05, 0) is 31.0 Å². The van der Waals surface area contributed by atoms with Gasteiger partial charge in [0.1, 0.15) is 6.54 Å². The van der Waals surface area contributed by atoms with Crippen molar-refractivity contribution in [3.63, 3.8) is 0 Å². The van der Waals surface area contributed by atoms with E-state index in [2.05, 4.69) is 4.98 Å². The van der Waals surface area contributed by atoms with E-state index < -0.39 is 11.2 Å². The van der Waals surface area contributed by atoms with E-state index in [1.54, 1.807) is 11.9 Å². The van der Waals surface area contributed by atoms with Gasteiger partial charge >= 0.3 is 5.69 Å². The second-order valence-electron chi connectivity index (χ2n) is 6.63. The van der Waals surface area contributed by atoms with E-state index in [4.69, 9.17) is 0 Å². The van der Waals surface area contributed by atoms with Gasteiger partial charge in [-0.15, -0.1) is 0 Å². The van der Waals surface area contributed by atoms with Crippen LogP contribution in [0.1, 0.15) is 18.9 Å². The number of hydrogen-bond donors (Lipinski definition) is 0. The first-order chi connectivity index (χ1) is 12.8. The van der Waals surface area contributed by atoms with Gasteiger partial charge in [0.2, 0.25) is 5.91 Å². The van der Waals surface area contributed by atoms with Crippen LogP contribution in [0.4, 0.5) is 5.69 Å². The lowest BCUT2D eigenvalue weighted by molar-refractivity contribution is -0.119. The number of carbonyl (C=O) groups excluding carboxylic acids is 1. The van der Waals surface area contributed by atoms with E-state index in [0.29, 0.717) is 6.54 Å². The predicted molar refractivity (Wildman–Crippen MR) is 104 cm³/mol. The number of carbonyl (C=O) groups is 1. The lowest BCUT2D eigenvalue weighted by Gasteiger charge is -2.23. The maximum absolute atomic E-state index is 13.0.